The molecule has 94 valence electrons. The number of benzene rings is 1. The molecule has 2 nitrogen and oxygen atoms in total. The van der Waals surface area contributed by atoms with Crippen LogP contribution >= 0.6 is 11.8 Å². The fourth-order valence-corrected chi connectivity index (χ4v) is 2.21. The van der Waals surface area contributed by atoms with Crippen molar-refractivity contribution in [3.63, 3.8) is 0 Å². The fourth-order valence-electron chi connectivity index (χ4n) is 1.38. The Morgan fingerprint density at radius 1 is 1.22 bits per heavy atom. The highest BCUT2D eigenvalue weighted by molar-refractivity contribution is 7.99. The molecule has 1 heterocycles. The van der Waals surface area contributed by atoms with Crippen LogP contribution in [-0.2, 0) is 0 Å². The maximum atomic E-state index is 13.4. The number of halogens is 2. The van der Waals surface area contributed by atoms with Gasteiger partial charge in [-0.3, -0.25) is 4.98 Å². The zero-order valence-electron chi connectivity index (χ0n) is 9.60. The Morgan fingerprint density at radius 3 is 2.61 bits per heavy atom. The van der Waals surface area contributed by atoms with Gasteiger partial charge in [0.15, 0.2) is 0 Å². The molecule has 0 saturated heterocycles. The SMILES string of the molecule is C[C@H](O)c1ccc(Sc2cc(F)ccc2F)cn1. The van der Waals surface area contributed by atoms with Crippen LogP contribution < -0.4 is 0 Å². The van der Waals surface area contributed by atoms with Gasteiger partial charge in [-0.2, -0.15) is 0 Å². The minimum Gasteiger partial charge on any atom is -0.387 e. The first-order valence-electron chi connectivity index (χ1n) is 5.33. The molecule has 5 heteroatoms. The van der Waals surface area contributed by atoms with E-state index in [1.54, 1.807) is 19.1 Å². The van der Waals surface area contributed by atoms with Crippen molar-refractivity contribution in [1.82, 2.24) is 4.98 Å². The average Bonchev–Trinajstić information content (AvgIpc) is 2.34. The number of aliphatic hydroxyl groups is 1. The molecule has 0 bridgehead atoms. The summed E-state index contributed by atoms with van der Waals surface area (Å²) in [4.78, 5) is 4.93. The molecule has 0 spiro atoms. The predicted octanol–water partition coefficient (Wildman–Crippen LogP) is 3.56. The molecule has 2 rings (SSSR count). The first kappa shape index (κ1) is 13.0. The Kier molecular flexibility index (Phi) is 3.93. The highest BCUT2D eigenvalue weighted by Crippen LogP contribution is 2.30. The van der Waals surface area contributed by atoms with Gasteiger partial charge < -0.3 is 5.11 Å². The second-order valence-corrected chi connectivity index (χ2v) is 4.89. The van der Waals surface area contributed by atoms with Crippen LogP contribution in [0.25, 0.3) is 0 Å². The minimum absolute atomic E-state index is 0.210. The van der Waals surface area contributed by atoms with Crippen LogP contribution in [0.15, 0.2) is 46.3 Å². The van der Waals surface area contributed by atoms with Crippen molar-refractivity contribution in [2.45, 2.75) is 22.8 Å². The Morgan fingerprint density at radius 2 is 2.00 bits per heavy atom. The average molecular weight is 267 g/mol. The molecular formula is C13H11F2NOS. The summed E-state index contributed by atoms with van der Waals surface area (Å²) >= 11 is 1.09. The second kappa shape index (κ2) is 5.46. The maximum Gasteiger partial charge on any atom is 0.137 e. The van der Waals surface area contributed by atoms with E-state index >= 15 is 0 Å². The Labute approximate surface area is 108 Å². The van der Waals surface area contributed by atoms with Crippen LogP contribution in [0.1, 0.15) is 18.7 Å². The number of nitrogens with zero attached hydrogens (tertiary/aromatic N) is 1. The van der Waals surface area contributed by atoms with E-state index in [1.807, 2.05) is 0 Å². The molecule has 0 amide bonds. The van der Waals surface area contributed by atoms with Gasteiger partial charge in [-0.25, -0.2) is 8.78 Å². The normalized spacial score (nSPS) is 12.4. The number of pyridine rings is 1. The summed E-state index contributed by atoms with van der Waals surface area (Å²) < 4.78 is 26.4. The number of rotatable bonds is 3. The molecule has 0 saturated carbocycles. The number of aromatic nitrogens is 1. The lowest BCUT2D eigenvalue weighted by atomic mass is 10.2. The lowest BCUT2D eigenvalue weighted by molar-refractivity contribution is 0.194. The van der Waals surface area contributed by atoms with Crippen molar-refractivity contribution < 1.29 is 13.9 Å². The standard InChI is InChI=1S/C13H11F2NOS/c1-8(17)12-5-3-10(7-16-12)18-13-6-9(14)2-4-11(13)15/h2-8,17H,1H3/t8-/m0/s1. The Balaban J connectivity index is 2.21. The minimum atomic E-state index is -0.644. The summed E-state index contributed by atoms with van der Waals surface area (Å²) in [5, 5.41) is 9.31. The number of aliphatic hydroxyl groups excluding tert-OH is 1. The molecule has 0 aliphatic rings. The maximum absolute atomic E-state index is 13.4. The molecule has 0 unspecified atom stereocenters. The molecule has 1 aromatic carbocycles. The Bertz CT molecular complexity index is 543. The van der Waals surface area contributed by atoms with E-state index in [1.165, 1.54) is 6.20 Å². The lowest BCUT2D eigenvalue weighted by Gasteiger charge is -2.06. The van der Waals surface area contributed by atoms with E-state index in [9.17, 15) is 13.9 Å². The summed E-state index contributed by atoms with van der Waals surface area (Å²) in [6.45, 7) is 1.61. The van der Waals surface area contributed by atoms with E-state index in [0.29, 0.717) is 10.6 Å². The van der Waals surface area contributed by atoms with Crippen molar-refractivity contribution >= 4 is 11.8 Å². The third-order valence-electron chi connectivity index (χ3n) is 2.31. The molecule has 0 aliphatic heterocycles. The van der Waals surface area contributed by atoms with Gasteiger partial charge >= 0.3 is 0 Å². The van der Waals surface area contributed by atoms with E-state index in [2.05, 4.69) is 4.98 Å². The molecule has 18 heavy (non-hydrogen) atoms. The van der Waals surface area contributed by atoms with Gasteiger partial charge in [-0.1, -0.05) is 11.8 Å². The quantitative estimate of drug-likeness (QED) is 0.923. The van der Waals surface area contributed by atoms with Crippen molar-refractivity contribution in [3.05, 3.63) is 53.9 Å². The van der Waals surface area contributed by atoms with Gasteiger partial charge in [-0.05, 0) is 37.3 Å². The largest absolute Gasteiger partial charge is 0.387 e. The highest BCUT2D eigenvalue weighted by atomic mass is 32.2. The predicted molar refractivity (Wildman–Crippen MR) is 65.4 cm³/mol. The van der Waals surface area contributed by atoms with E-state index < -0.39 is 17.7 Å². The van der Waals surface area contributed by atoms with Crippen molar-refractivity contribution in [2.75, 3.05) is 0 Å². The van der Waals surface area contributed by atoms with Gasteiger partial charge in [0.1, 0.15) is 11.6 Å². The smallest absolute Gasteiger partial charge is 0.137 e. The summed E-state index contributed by atoms with van der Waals surface area (Å²) in [5.41, 5.74) is 0.541. The molecule has 0 fully saturated rings. The van der Waals surface area contributed by atoms with Gasteiger partial charge in [0.25, 0.3) is 0 Å². The topological polar surface area (TPSA) is 33.1 Å². The van der Waals surface area contributed by atoms with Gasteiger partial charge in [0.05, 0.1) is 16.7 Å². The summed E-state index contributed by atoms with van der Waals surface area (Å²) in [5.74, 6) is -0.950. The Hall–Kier alpha value is -1.46. The summed E-state index contributed by atoms with van der Waals surface area (Å²) in [6, 6.07) is 6.68. The molecular weight excluding hydrogens is 256 g/mol. The van der Waals surface area contributed by atoms with Crippen molar-refractivity contribution in [3.8, 4) is 0 Å². The van der Waals surface area contributed by atoms with Gasteiger partial charge in [0.2, 0.25) is 0 Å². The third-order valence-corrected chi connectivity index (χ3v) is 3.32. The van der Waals surface area contributed by atoms with E-state index in [-0.39, 0.29) is 4.90 Å². The molecule has 2 aromatic rings. The second-order valence-electron chi connectivity index (χ2n) is 3.77. The van der Waals surface area contributed by atoms with Crippen LogP contribution in [-0.4, -0.2) is 10.1 Å². The van der Waals surface area contributed by atoms with Crippen LogP contribution in [0.2, 0.25) is 0 Å². The fraction of sp³-hybridized carbons (Fsp3) is 0.154. The van der Waals surface area contributed by atoms with Crippen molar-refractivity contribution in [1.29, 1.82) is 0 Å². The molecule has 1 aromatic heterocycles. The van der Waals surface area contributed by atoms with Crippen LogP contribution in [0.3, 0.4) is 0 Å². The van der Waals surface area contributed by atoms with Crippen molar-refractivity contribution in [2.24, 2.45) is 0 Å². The van der Waals surface area contributed by atoms with Crippen LogP contribution in [0.5, 0.6) is 0 Å². The van der Waals surface area contributed by atoms with Crippen LogP contribution in [0, 0.1) is 11.6 Å². The molecule has 0 aliphatic carbocycles. The van der Waals surface area contributed by atoms with Gasteiger partial charge in [-0.15, -0.1) is 0 Å². The summed E-state index contributed by atoms with van der Waals surface area (Å²) in [7, 11) is 0. The molecule has 1 atom stereocenters. The zero-order chi connectivity index (χ0) is 13.1. The first-order valence-corrected chi connectivity index (χ1v) is 6.15. The van der Waals surface area contributed by atoms with Crippen LogP contribution in [0.4, 0.5) is 8.78 Å². The lowest BCUT2D eigenvalue weighted by Crippen LogP contribution is -1.94. The third kappa shape index (κ3) is 3.05. The number of hydrogen-bond acceptors (Lipinski definition) is 3. The van der Waals surface area contributed by atoms with Gasteiger partial charge in [0, 0.05) is 11.1 Å². The van der Waals surface area contributed by atoms with E-state index in [0.717, 1.165) is 30.0 Å². The monoisotopic (exact) mass is 267 g/mol. The molecule has 0 radical (unpaired) electrons. The number of hydrogen-bond donors (Lipinski definition) is 1. The van der Waals surface area contributed by atoms with E-state index in [4.69, 9.17) is 0 Å². The zero-order valence-corrected chi connectivity index (χ0v) is 10.4. The highest BCUT2D eigenvalue weighted by Gasteiger charge is 2.07. The first-order chi connectivity index (χ1) is 8.56. The summed E-state index contributed by atoms with van der Waals surface area (Å²) in [6.07, 6.45) is 0.881. The molecule has 1 N–H and O–H groups in total.